The summed E-state index contributed by atoms with van der Waals surface area (Å²) < 4.78 is 15.7. The maximum Gasteiger partial charge on any atom is 0.270 e. The second-order valence-electron chi connectivity index (χ2n) is 8.29. The number of carbonyl (C=O) groups excluding carboxylic acids is 1. The van der Waals surface area contributed by atoms with E-state index in [0.717, 1.165) is 49.3 Å². The first-order valence-corrected chi connectivity index (χ1v) is 11.0. The molecule has 3 heterocycles. The highest BCUT2D eigenvalue weighted by atomic mass is 19.1. The summed E-state index contributed by atoms with van der Waals surface area (Å²) in [5.41, 5.74) is 2.53. The molecule has 2 aromatic carbocycles. The van der Waals surface area contributed by atoms with Crippen LogP contribution in [-0.2, 0) is 13.1 Å². The van der Waals surface area contributed by atoms with Crippen LogP contribution in [0.15, 0.2) is 67.0 Å². The third-order valence-corrected chi connectivity index (χ3v) is 6.05. The number of nitrogens with one attached hydrogen (secondary N) is 1. The number of nitrogens with zero attached hydrogens (tertiary/aromatic N) is 4. The number of H-pyrrole nitrogens is 1. The SMILES string of the molecule is O=C(c1cc2cc(F)ccc2[nH]1)N1CCCN(Cc2nccn2Cc2ccccc2)CC1. The number of aromatic amines is 1. The molecule has 1 N–H and O–H groups in total. The molecule has 2 aromatic heterocycles. The van der Waals surface area contributed by atoms with E-state index in [4.69, 9.17) is 0 Å². The molecule has 1 saturated heterocycles. The second-order valence-corrected chi connectivity index (χ2v) is 8.29. The normalized spacial score (nSPS) is 15.2. The van der Waals surface area contributed by atoms with Gasteiger partial charge in [-0.05, 0) is 36.2 Å². The molecule has 7 heteroatoms. The molecule has 1 aliphatic rings. The van der Waals surface area contributed by atoms with E-state index in [2.05, 4.69) is 43.7 Å². The molecule has 0 bridgehead atoms. The number of hydrogen-bond donors (Lipinski definition) is 1. The molecule has 0 spiro atoms. The quantitative estimate of drug-likeness (QED) is 0.521. The average Bonchev–Trinajstić information content (AvgIpc) is 3.34. The van der Waals surface area contributed by atoms with Crippen molar-refractivity contribution in [3.05, 3.63) is 89.9 Å². The van der Waals surface area contributed by atoms with E-state index in [-0.39, 0.29) is 11.7 Å². The number of halogens is 1. The number of amides is 1. The van der Waals surface area contributed by atoms with Gasteiger partial charge in [-0.2, -0.15) is 0 Å². The van der Waals surface area contributed by atoms with Crippen molar-refractivity contribution < 1.29 is 9.18 Å². The Morgan fingerprint density at radius 1 is 1.00 bits per heavy atom. The van der Waals surface area contributed by atoms with Crippen LogP contribution in [0.4, 0.5) is 4.39 Å². The molecule has 5 rings (SSSR count). The number of fused-ring (bicyclic) bond motifs is 1. The molecule has 1 fully saturated rings. The third-order valence-electron chi connectivity index (χ3n) is 6.05. The molecule has 6 nitrogen and oxygen atoms in total. The lowest BCUT2D eigenvalue weighted by Crippen LogP contribution is -2.35. The largest absolute Gasteiger partial charge is 0.351 e. The Balaban J connectivity index is 1.23. The molecule has 0 unspecified atom stereocenters. The Morgan fingerprint density at radius 3 is 2.75 bits per heavy atom. The molecular weight excluding hydrogens is 405 g/mol. The van der Waals surface area contributed by atoms with Crippen LogP contribution in [0.5, 0.6) is 0 Å². The fraction of sp³-hybridized carbons (Fsp3) is 0.280. The molecule has 1 aliphatic heterocycles. The number of rotatable bonds is 5. The molecule has 0 saturated carbocycles. The van der Waals surface area contributed by atoms with Crippen LogP contribution in [0, 0.1) is 5.82 Å². The Kier molecular flexibility index (Phi) is 5.73. The maximum atomic E-state index is 13.5. The Morgan fingerprint density at radius 2 is 1.88 bits per heavy atom. The van der Waals surface area contributed by atoms with Crippen molar-refractivity contribution in [2.24, 2.45) is 0 Å². The molecule has 0 aliphatic carbocycles. The second kappa shape index (κ2) is 8.96. The van der Waals surface area contributed by atoms with Gasteiger partial charge in [0.05, 0.1) is 6.54 Å². The summed E-state index contributed by atoms with van der Waals surface area (Å²) >= 11 is 0. The molecule has 4 aromatic rings. The van der Waals surface area contributed by atoms with Gasteiger partial charge in [0.15, 0.2) is 0 Å². The molecule has 32 heavy (non-hydrogen) atoms. The van der Waals surface area contributed by atoms with Gasteiger partial charge in [0.25, 0.3) is 5.91 Å². The summed E-state index contributed by atoms with van der Waals surface area (Å²) in [6, 6.07) is 16.6. The van der Waals surface area contributed by atoms with Crippen LogP contribution in [-0.4, -0.2) is 56.4 Å². The van der Waals surface area contributed by atoms with Gasteiger partial charge < -0.3 is 14.5 Å². The van der Waals surface area contributed by atoms with Gasteiger partial charge >= 0.3 is 0 Å². The summed E-state index contributed by atoms with van der Waals surface area (Å²) in [7, 11) is 0. The van der Waals surface area contributed by atoms with E-state index in [1.807, 2.05) is 23.4 Å². The molecule has 164 valence electrons. The van der Waals surface area contributed by atoms with Crippen molar-refractivity contribution in [2.45, 2.75) is 19.5 Å². The van der Waals surface area contributed by atoms with Crippen LogP contribution >= 0.6 is 0 Å². The van der Waals surface area contributed by atoms with Gasteiger partial charge in [0.1, 0.15) is 17.3 Å². The number of benzene rings is 2. The topological polar surface area (TPSA) is 57.2 Å². The Hall–Kier alpha value is -3.45. The van der Waals surface area contributed by atoms with Gasteiger partial charge in [-0.15, -0.1) is 0 Å². The summed E-state index contributed by atoms with van der Waals surface area (Å²) in [5, 5.41) is 0.718. The van der Waals surface area contributed by atoms with Crippen molar-refractivity contribution in [2.75, 3.05) is 26.2 Å². The third kappa shape index (κ3) is 4.43. The van der Waals surface area contributed by atoms with E-state index in [9.17, 15) is 9.18 Å². The van der Waals surface area contributed by atoms with Crippen molar-refractivity contribution in [1.29, 1.82) is 0 Å². The first-order chi connectivity index (χ1) is 15.7. The van der Waals surface area contributed by atoms with Gasteiger partial charge in [-0.3, -0.25) is 9.69 Å². The zero-order valence-corrected chi connectivity index (χ0v) is 17.9. The van der Waals surface area contributed by atoms with E-state index in [1.54, 1.807) is 12.1 Å². The molecule has 0 atom stereocenters. The number of carbonyl (C=O) groups is 1. The average molecular weight is 432 g/mol. The Bertz CT molecular complexity index is 1220. The van der Waals surface area contributed by atoms with Gasteiger partial charge in [-0.25, -0.2) is 9.37 Å². The molecular formula is C25H26FN5O. The minimum atomic E-state index is -0.300. The highest BCUT2D eigenvalue weighted by molar-refractivity contribution is 5.98. The maximum absolute atomic E-state index is 13.5. The Labute approximate surface area is 186 Å². The molecule has 1 amide bonds. The zero-order chi connectivity index (χ0) is 21.9. The first-order valence-electron chi connectivity index (χ1n) is 11.0. The first kappa shape index (κ1) is 20.5. The number of imidazole rings is 1. The van der Waals surface area contributed by atoms with E-state index < -0.39 is 0 Å². The van der Waals surface area contributed by atoms with Crippen LogP contribution < -0.4 is 0 Å². The van der Waals surface area contributed by atoms with E-state index >= 15 is 0 Å². The smallest absolute Gasteiger partial charge is 0.270 e. The fourth-order valence-corrected chi connectivity index (χ4v) is 4.34. The van der Waals surface area contributed by atoms with Crippen molar-refractivity contribution in [3.63, 3.8) is 0 Å². The highest BCUT2D eigenvalue weighted by Crippen LogP contribution is 2.19. The summed E-state index contributed by atoms with van der Waals surface area (Å²) in [6.07, 6.45) is 4.78. The minimum Gasteiger partial charge on any atom is -0.351 e. The van der Waals surface area contributed by atoms with Crippen LogP contribution in [0.2, 0.25) is 0 Å². The van der Waals surface area contributed by atoms with E-state index in [1.165, 1.54) is 17.7 Å². The van der Waals surface area contributed by atoms with Crippen molar-refractivity contribution in [3.8, 4) is 0 Å². The lowest BCUT2D eigenvalue weighted by atomic mass is 10.2. The van der Waals surface area contributed by atoms with Crippen LogP contribution in [0.1, 0.15) is 28.3 Å². The number of hydrogen-bond acceptors (Lipinski definition) is 3. The zero-order valence-electron chi connectivity index (χ0n) is 17.9. The van der Waals surface area contributed by atoms with Crippen LogP contribution in [0.25, 0.3) is 10.9 Å². The summed E-state index contributed by atoms with van der Waals surface area (Å²) in [5.74, 6) is 0.701. The van der Waals surface area contributed by atoms with Crippen LogP contribution in [0.3, 0.4) is 0 Å². The molecule has 0 radical (unpaired) electrons. The lowest BCUT2D eigenvalue weighted by molar-refractivity contribution is 0.0756. The highest BCUT2D eigenvalue weighted by Gasteiger charge is 2.22. The standard InChI is InChI=1S/C25H26FN5O/c26-21-7-8-22-20(15-21)16-23(28-22)25(32)30-11-4-10-29(13-14-30)18-24-27-9-12-31(24)17-19-5-2-1-3-6-19/h1-3,5-9,12,15-16,28H,4,10-11,13-14,17-18H2. The van der Waals surface area contributed by atoms with Gasteiger partial charge in [0, 0.05) is 56.0 Å². The predicted octanol–water partition coefficient (Wildman–Crippen LogP) is 3.90. The van der Waals surface area contributed by atoms with Gasteiger partial charge in [0.2, 0.25) is 0 Å². The number of aromatic nitrogens is 3. The summed E-state index contributed by atoms with van der Waals surface area (Å²) in [6.45, 7) is 4.63. The summed E-state index contributed by atoms with van der Waals surface area (Å²) in [4.78, 5) is 25.0. The minimum absolute atomic E-state index is 0.0333. The lowest BCUT2D eigenvalue weighted by Gasteiger charge is -2.22. The monoisotopic (exact) mass is 431 g/mol. The van der Waals surface area contributed by atoms with Crippen molar-refractivity contribution in [1.82, 2.24) is 24.3 Å². The van der Waals surface area contributed by atoms with E-state index in [0.29, 0.717) is 18.8 Å². The fourth-order valence-electron chi connectivity index (χ4n) is 4.34. The van der Waals surface area contributed by atoms with Crippen molar-refractivity contribution >= 4 is 16.8 Å². The predicted molar refractivity (Wildman–Crippen MR) is 122 cm³/mol. The van der Waals surface area contributed by atoms with Gasteiger partial charge in [-0.1, -0.05) is 30.3 Å².